The summed E-state index contributed by atoms with van der Waals surface area (Å²) < 4.78 is 69.3. The summed E-state index contributed by atoms with van der Waals surface area (Å²) in [5.74, 6) is -0.679. The second-order valence-electron chi connectivity index (χ2n) is 7.67. The van der Waals surface area contributed by atoms with Crippen LogP contribution < -0.4 is 9.62 Å². The number of azo groups is 1. The predicted molar refractivity (Wildman–Crippen MR) is 121 cm³/mol. The minimum Gasteiger partial charge on any atom is -0.460 e. The molecule has 34 heavy (non-hydrogen) atoms. The molecule has 1 aromatic heterocycles. The maximum absolute atomic E-state index is 13.0. The summed E-state index contributed by atoms with van der Waals surface area (Å²) in [6, 6.07) is 2.88. The number of fused-ring (bicyclic) bond motifs is 1. The van der Waals surface area contributed by atoms with E-state index < -0.39 is 21.5 Å². The van der Waals surface area contributed by atoms with Gasteiger partial charge in [0.25, 0.3) is 5.13 Å². The van der Waals surface area contributed by atoms with E-state index >= 15 is 0 Å². The van der Waals surface area contributed by atoms with Gasteiger partial charge >= 0.3 is 21.5 Å². The molecular weight excluding hydrogens is 497 g/mol. The van der Waals surface area contributed by atoms with Gasteiger partial charge in [-0.1, -0.05) is 18.3 Å². The van der Waals surface area contributed by atoms with E-state index in [4.69, 9.17) is 4.74 Å². The molecule has 1 aliphatic rings. The van der Waals surface area contributed by atoms with E-state index in [9.17, 15) is 26.4 Å². The summed E-state index contributed by atoms with van der Waals surface area (Å²) in [6.07, 6.45) is 2.08. The number of hydrogen-bond donors (Lipinski definition) is 1. The molecule has 0 radical (unpaired) electrons. The van der Waals surface area contributed by atoms with E-state index in [1.54, 1.807) is 4.72 Å². The van der Waals surface area contributed by atoms with Gasteiger partial charge in [-0.15, -0.1) is 20.4 Å². The van der Waals surface area contributed by atoms with Crippen molar-refractivity contribution < 1.29 is 31.1 Å². The van der Waals surface area contributed by atoms with Crippen molar-refractivity contribution in [3.05, 3.63) is 22.7 Å². The summed E-state index contributed by atoms with van der Waals surface area (Å²) in [6.45, 7) is 6.58. The Bertz CT molecular complexity index is 1180. The van der Waals surface area contributed by atoms with E-state index in [1.807, 2.05) is 25.7 Å². The molecule has 0 atom stereocenters. The van der Waals surface area contributed by atoms with Crippen molar-refractivity contribution in [3.8, 4) is 0 Å². The van der Waals surface area contributed by atoms with E-state index in [-0.39, 0.29) is 34.2 Å². The van der Waals surface area contributed by atoms with Crippen molar-refractivity contribution in [2.45, 2.75) is 51.6 Å². The summed E-state index contributed by atoms with van der Waals surface area (Å²) in [4.78, 5) is 13.8. The molecule has 15 heteroatoms. The van der Waals surface area contributed by atoms with Gasteiger partial charge in [-0.25, -0.2) is 4.79 Å². The molecule has 0 unspecified atom stereocenters. The van der Waals surface area contributed by atoms with Crippen LogP contribution in [0, 0.1) is 0 Å². The number of esters is 1. The van der Waals surface area contributed by atoms with Crippen LogP contribution in [0.25, 0.3) is 0 Å². The SMILES string of the molecule is CCCOC(=O)c1nnc(N=Nc2cc3c(cc2NS(=O)(=O)C(F)(F)F)N(C(C)C)CCC3)s1. The molecule has 1 N–H and O–H groups in total. The fraction of sp³-hybridized carbons (Fsp3) is 0.526. The number of sulfonamides is 1. The van der Waals surface area contributed by atoms with E-state index in [2.05, 4.69) is 20.4 Å². The van der Waals surface area contributed by atoms with Crippen molar-refractivity contribution in [1.82, 2.24) is 10.2 Å². The van der Waals surface area contributed by atoms with Crippen LogP contribution in [-0.2, 0) is 21.2 Å². The van der Waals surface area contributed by atoms with Gasteiger partial charge in [0, 0.05) is 18.3 Å². The quantitative estimate of drug-likeness (QED) is 0.386. The number of rotatable bonds is 8. The second-order valence-corrected chi connectivity index (χ2v) is 10.3. The molecule has 2 heterocycles. The second kappa shape index (κ2) is 10.2. The zero-order valence-corrected chi connectivity index (χ0v) is 20.2. The minimum atomic E-state index is -5.69. The molecule has 0 saturated heterocycles. The van der Waals surface area contributed by atoms with Gasteiger partial charge in [0.1, 0.15) is 5.69 Å². The first kappa shape index (κ1) is 25.8. The summed E-state index contributed by atoms with van der Waals surface area (Å²) in [7, 11) is -5.69. The maximum atomic E-state index is 13.0. The summed E-state index contributed by atoms with van der Waals surface area (Å²) in [5.41, 5.74) is -4.59. The Morgan fingerprint density at radius 1 is 1.29 bits per heavy atom. The van der Waals surface area contributed by atoms with E-state index in [0.717, 1.165) is 23.3 Å². The van der Waals surface area contributed by atoms with Crippen molar-refractivity contribution in [2.24, 2.45) is 10.2 Å². The first-order valence-electron chi connectivity index (χ1n) is 10.4. The Kier molecular flexibility index (Phi) is 7.75. The fourth-order valence-electron chi connectivity index (χ4n) is 3.24. The number of nitrogens with one attached hydrogen (secondary N) is 1. The molecule has 186 valence electrons. The lowest BCUT2D eigenvalue weighted by Crippen LogP contribution is -2.35. The number of carbonyl (C=O) groups excluding carboxylic acids is 1. The van der Waals surface area contributed by atoms with Crippen LogP contribution in [0.5, 0.6) is 0 Å². The number of benzene rings is 1. The number of aryl methyl sites for hydroxylation is 1. The lowest BCUT2D eigenvalue weighted by Gasteiger charge is -2.35. The Morgan fingerprint density at radius 2 is 2.03 bits per heavy atom. The number of anilines is 2. The molecule has 0 amide bonds. The number of aromatic nitrogens is 2. The van der Waals surface area contributed by atoms with Crippen molar-refractivity contribution in [1.29, 1.82) is 0 Å². The van der Waals surface area contributed by atoms with E-state index in [1.165, 1.54) is 12.1 Å². The van der Waals surface area contributed by atoms with Gasteiger partial charge in [-0.05, 0) is 50.8 Å². The normalized spacial score (nSPS) is 14.5. The molecule has 0 fully saturated rings. The van der Waals surface area contributed by atoms with Crippen LogP contribution in [-0.4, -0.2) is 49.3 Å². The van der Waals surface area contributed by atoms with Crippen LogP contribution in [0.1, 0.15) is 49.0 Å². The van der Waals surface area contributed by atoms with Crippen molar-refractivity contribution in [3.63, 3.8) is 0 Å². The van der Waals surface area contributed by atoms with Gasteiger partial charge in [0.2, 0.25) is 5.01 Å². The number of ether oxygens (including phenoxy) is 1. The standard InChI is InChI=1S/C19H23F3N6O4S2/c1-4-8-32-17(29)16-24-26-18(33-16)25-23-13-9-12-6-5-7-28(11(2)3)15(12)10-14(13)27-34(30,31)19(20,21)22/h9-11,27H,4-8H2,1-3H3. The number of halogens is 3. The number of nitrogens with zero attached hydrogens (tertiary/aromatic N) is 5. The monoisotopic (exact) mass is 520 g/mol. The van der Waals surface area contributed by atoms with Gasteiger partial charge in [-0.2, -0.15) is 21.6 Å². The van der Waals surface area contributed by atoms with Gasteiger partial charge in [0.15, 0.2) is 0 Å². The third-order valence-electron chi connectivity index (χ3n) is 4.79. The first-order valence-corrected chi connectivity index (χ1v) is 12.7. The zero-order chi connectivity index (χ0) is 25.1. The van der Waals surface area contributed by atoms with Crippen LogP contribution in [0.3, 0.4) is 0 Å². The van der Waals surface area contributed by atoms with Crippen molar-refractivity contribution in [2.75, 3.05) is 22.8 Å². The molecule has 2 aromatic rings. The molecule has 1 aromatic carbocycles. The molecule has 0 spiro atoms. The number of hydrogen-bond acceptors (Lipinski definition) is 10. The van der Waals surface area contributed by atoms with Crippen LogP contribution in [0.15, 0.2) is 22.4 Å². The fourth-order valence-corrected chi connectivity index (χ4v) is 4.37. The molecule has 10 nitrogen and oxygen atoms in total. The Morgan fingerprint density at radius 3 is 2.68 bits per heavy atom. The topological polar surface area (TPSA) is 126 Å². The van der Waals surface area contributed by atoms with E-state index in [0.29, 0.717) is 25.1 Å². The third kappa shape index (κ3) is 5.81. The highest BCUT2D eigenvalue weighted by Crippen LogP contribution is 2.40. The van der Waals surface area contributed by atoms with Crippen LogP contribution in [0.4, 0.5) is 35.4 Å². The largest absolute Gasteiger partial charge is 0.516 e. The highest BCUT2D eigenvalue weighted by molar-refractivity contribution is 7.93. The first-order chi connectivity index (χ1) is 15.9. The van der Waals surface area contributed by atoms with Crippen LogP contribution >= 0.6 is 11.3 Å². The highest BCUT2D eigenvalue weighted by Gasteiger charge is 2.46. The predicted octanol–water partition coefficient (Wildman–Crippen LogP) is 4.94. The van der Waals surface area contributed by atoms with Crippen molar-refractivity contribution >= 4 is 49.5 Å². The van der Waals surface area contributed by atoms with Gasteiger partial charge < -0.3 is 9.64 Å². The lowest BCUT2D eigenvalue weighted by molar-refractivity contribution is -0.0429. The molecule has 0 bridgehead atoms. The zero-order valence-electron chi connectivity index (χ0n) is 18.6. The number of alkyl halides is 3. The lowest BCUT2D eigenvalue weighted by atomic mass is 9.99. The molecule has 1 aliphatic heterocycles. The van der Waals surface area contributed by atoms with Gasteiger partial charge in [-0.3, -0.25) is 4.72 Å². The molecule has 3 rings (SSSR count). The third-order valence-corrected chi connectivity index (χ3v) is 6.68. The smallest absolute Gasteiger partial charge is 0.460 e. The maximum Gasteiger partial charge on any atom is 0.516 e. The molecular formula is C19H23F3N6O4S2. The minimum absolute atomic E-state index is 0.0467. The summed E-state index contributed by atoms with van der Waals surface area (Å²) in [5, 5.41) is 15.0. The molecule has 0 aliphatic carbocycles. The van der Waals surface area contributed by atoms with Gasteiger partial charge in [0.05, 0.1) is 12.3 Å². The Labute approximate surface area is 198 Å². The molecule has 0 saturated carbocycles. The Balaban J connectivity index is 1.99. The van der Waals surface area contributed by atoms with Crippen LogP contribution in [0.2, 0.25) is 0 Å². The average molecular weight is 521 g/mol. The summed E-state index contributed by atoms with van der Waals surface area (Å²) >= 11 is 0.783. The number of carbonyl (C=O) groups is 1. The highest BCUT2D eigenvalue weighted by atomic mass is 32.2. The Hall–Kier alpha value is -2.81. The average Bonchev–Trinajstić information content (AvgIpc) is 3.23.